The molecule has 0 radical (unpaired) electrons. The Balaban J connectivity index is 2.05. The first-order valence-corrected chi connectivity index (χ1v) is 7.20. The minimum absolute atomic E-state index is 0.00120. The third kappa shape index (κ3) is 3.46. The van der Waals surface area contributed by atoms with Gasteiger partial charge in [0.15, 0.2) is 6.10 Å². The van der Waals surface area contributed by atoms with Crippen LogP contribution in [0.1, 0.15) is 23.2 Å². The second-order valence-corrected chi connectivity index (χ2v) is 6.03. The molecule has 1 aliphatic heterocycles. The Morgan fingerprint density at radius 3 is 3.06 bits per heavy atom. The Kier molecular flexibility index (Phi) is 4.65. The van der Waals surface area contributed by atoms with E-state index in [1.54, 1.807) is 18.2 Å². The number of nitrogens with one attached hydrogen (secondary N) is 1. The van der Waals surface area contributed by atoms with Crippen molar-refractivity contribution < 1.29 is 14.4 Å². The molecule has 0 saturated carbocycles. The minimum Gasteiger partial charge on any atom is -0.453 e. The molecular formula is C13H16BrClNO2+. The summed E-state index contributed by atoms with van der Waals surface area (Å²) in [4.78, 5) is 13.5. The summed E-state index contributed by atoms with van der Waals surface area (Å²) >= 11 is 9.34. The number of likely N-dealkylation sites (N-methyl/N-ethyl adjacent to an activating group) is 1. The highest BCUT2D eigenvalue weighted by molar-refractivity contribution is 9.10. The largest absolute Gasteiger partial charge is 0.453 e. The van der Waals surface area contributed by atoms with Crippen molar-refractivity contribution in [1.29, 1.82) is 0 Å². The summed E-state index contributed by atoms with van der Waals surface area (Å²) in [6, 6.07) is 5.20. The van der Waals surface area contributed by atoms with Crippen LogP contribution in [-0.4, -0.2) is 32.2 Å². The van der Waals surface area contributed by atoms with E-state index in [1.807, 2.05) is 0 Å². The Hall–Kier alpha value is -0.580. The maximum Gasteiger partial charge on any atom is 0.340 e. The fourth-order valence-corrected chi connectivity index (χ4v) is 2.75. The van der Waals surface area contributed by atoms with E-state index in [2.05, 4.69) is 23.0 Å². The lowest BCUT2D eigenvalue weighted by Gasteiger charge is -2.26. The van der Waals surface area contributed by atoms with Crippen LogP contribution in [-0.2, 0) is 4.74 Å². The van der Waals surface area contributed by atoms with E-state index < -0.39 is 0 Å². The number of carbonyl (C=O) groups excluding carboxylic acids is 1. The predicted octanol–water partition coefficient (Wildman–Crippen LogP) is 1.94. The molecule has 3 nitrogen and oxygen atoms in total. The molecule has 1 aromatic rings. The fraction of sp³-hybridized carbons (Fsp3) is 0.462. The van der Waals surface area contributed by atoms with Crippen molar-refractivity contribution in [3.05, 3.63) is 33.3 Å². The Bertz CT molecular complexity index is 453. The van der Waals surface area contributed by atoms with Gasteiger partial charge in [-0.2, -0.15) is 0 Å². The lowest BCUT2D eigenvalue weighted by atomic mass is 10.1. The normalized spacial score (nSPS) is 23.7. The Morgan fingerprint density at radius 2 is 2.33 bits per heavy atom. The first-order chi connectivity index (χ1) is 8.56. The molecule has 0 amide bonds. The maximum atomic E-state index is 12.1. The van der Waals surface area contributed by atoms with Crippen LogP contribution in [0, 0.1) is 0 Å². The van der Waals surface area contributed by atoms with Crippen LogP contribution >= 0.6 is 27.5 Å². The van der Waals surface area contributed by atoms with Gasteiger partial charge in [-0.05, 0) is 24.6 Å². The maximum absolute atomic E-state index is 12.1. The topological polar surface area (TPSA) is 30.7 Å². The average molecular weight is 334 g/mol. The lowest BCUT2D eigenvalue weighted by molar-refractivity contribution is -0.888. The number of carbonyl (C=O) groups is 1. The molecule has 1 unspecified atom stereocenters. The van der Waals surface area contributed by atoms with Gasteiger partial charge in [0.2, 0.25) is 0 Å². The number of ether oxygens (including phenoxy) is 1. The van der Waals surface area contributed by atoms with Crippen LogP contribution in [0.15, 0.2) is 22.7 Å². The number of hydrogen-bond donors (Lipinski definition) is 1. The van der Waals surface area contributed by atoms with E-state index in [1.165, 1.54) is 4.90 Å². The van der Waals surface area contributed by atoms with Gasteiger partial charge in [-0.15, -0.1) is 0 Å². The highest BCUT2D eigenvalue weighted by Gasteiger charge is 2.25. The highest BCUT2D eigenvalue weighted by Crippen LogP contribution is 2.22. The van der Waals surface area contributed by atoms with Crippen LogP contribution in [0.3, 0.4) is 0 Å². The molecule has 1 heterocycles. The predicted molar refractivity (Wildman–Crippen MR) is 74.2 cm³/mol. The van der Waals surface area contributed by atoms with E-state index in [4.69, 9.17) is 16.3 Å². The summed E-state index contributed by atoms with van der Waals surface area (Å²) in [6.45, 7) is 2.02. The van der Waals surface area contributed by atoms with Crippen LogP contribution in [0.25, 0.3) is 0 Å². The number of quaternary nitrogens is 1. The molecule has 0 bridgehead atoms. The van der Waals surface area contributed by atoms with Crippen molar-refractivity contribution in [2.75, 3.05) is 20.1 Å². The smallest absolute Gasteiger partial charge is 0.340 e. The van der Waals surface area contributed by atoms with Crippen LogP contribution < -0.4 is 4.90 Å². The number of piperidine rings is 1. The van der Waals surface area contributed by atoms with Crippen molar-refractivity contribution >= 4 is 33.5 Å². The zero-order valence-corrected chi connectivity index (χ0v) is 12.6. The number of benzene rings is 1. The standard InChI is InChI=1S/C13H15BrClNO2/c1-16-6-2-3-10(8-16)18-13(17)11-7-9(14)4-5-12(11)15/h4-5,7,10H,2-3,6,8H2,1H3/p+1/t10-/m0/s1. The SMILES string of the molecule is C[NH+]1CCC[C@H](OC(=O)c2cc(Br)ccc2Cl)C1. The molecule has 98 valence electrons. The molecule has 1 fully saturated rings. The lowest BCUT2D eigenvalue weighted by Crippen LogP contribution is -3.11. The van der Waals surface area contributed by atoms with Gasteiger partial charge in [0.25, 0.3) is 0 Å². The summed E-state index contributed by atoms with van der Waals surface area (Å²) in [7, 11) is 2.12. The first kappa shape index (κ1) is 13.8. The third-order valence-electron chi connectivity index (χ3n) is 3.13. The van der Waals surface area contributed by atoms with E-state index in [0.717, 1.165) is 30.4 Å². The van der Waals surface area contributed by atoms with E-state index >= 15 is 0 Å². The number of likely N-dealkylation sites (tertiary alicyclic amines) is 1. The fourth-order valence-electron chi connectivity index (χ4n) is 2.19. The number of rotatable bonds is 2. The monoisotopic (exact) mass is 332 g/mol. The van der Waals surface area contributed by atoms with Crippen LogP contribution in [0.4, 0.5) is 0 Å². The van der Waals surface area contributed by atoms with Crippen molar-refractivity contribution in [3.63, 3.8) is 0 Å². The van der Waals surface area contributed by atoms with E-state index in [9.17, 15) is 4.79 Å². The molecule has 0 aromatic heterocycles. The quantitative estimate of drug-likeness (QED) is 0.839. The average Bonchev–Trinajstić information content (AvgIpc) is 2.32. The van der Waals surface area contributed by atoms with Gasteiger partial charge in [0.05, 0.1) is 24.2 Å². The van der Waals surface area contributed by atoms with Crippen molar-refractivity contribution in [2.24, 2.45) is 0 Å². The molecule has 1 aromatic carbocycles. The number of esters is 1. The molecule has 2 atom stereocenters. The van der Waals surface area contributed by atoms with E-state index in [-0.39, 0.29) is 12.1 Å². The van der Waals surface area contributed by atoms with Gasteiger partial charge in [-0.1, -0.05) is 27.5 Å². The summed E-state index contributed by atoms with van der Waals surface area (Å²) in [5.74, 6) is -0.332. The summed E-state index contributed by atoms with van der Waals surface area (Å²) in [5.41, 5.74) is 0.425. The van der Waals surface area contributed by atoms with Crippen molar-refractivity contribution in [3.8, 4) is 0 Å². The summed E-state index contributed by atoms with van der Waals surface area (Å²) in [6.07, 6.45) is 2.03. The minimum atomic E-state index is -0.332. The zero-order valence-electron chi connectivity index (χ0n) is 10.2. The molecule has 1 aliphatic rings. The second-order valence-electron chi connectivity index (χ2n) is 4.70. The molecule has 18 heavy (non-hydrogen) atoms. The summed E-state index contributed by atoms with van der Waals surface area (Å²) < 4.78 is 6.34. The van der Waals surface area contributed by atoms with Gasteiger partial charge in [0.1, 0.15) is 6.54 Å². The molecule has 0 aliphatic carbocycles. The molecule has 0 spiro atoms. The molecular weight excluding hydrogens is 318 g/mol. The summed E-state index contributed by atoms with van der Waals surface area (Å²) in [5, 5.41) is 0.430. The van der Waals surface area contributed by atoms with Crippen LogP contribution in [0.2, 0.25) is 5.02 Å². The van der Waals surface area contributed by atoms with Crippen molar-refractivity contribution in [1.82, 2.24) is 0 Å². The number of hydrogen-bond acceptors (Lipinski definition) is 2. The van der Waals surface area contributed by atoms with Gasteiger partial charge < -0.3 is 9.64 Å². The third-order valence-corrected chi connectivity index (χ3v) is 3.95. The first-order valence-electron chi connectivity index (χ1n) is 6.03. The van der Waals surface area contributed by atoms with Crippen LogP contribution in [0.5, 0.6) is 0 Å². The Morgan fingerprint density at radius 1 is 1.56 bits per heavy atom. The Labute approximate surface area is 120 Å². The van der Waals surface area contributed by atoms with Gasteiger partial charge in [-0.3, -0.25) is 0 Å². The zero-order chi connectivity index (χ0) is 13.1. The molecule has 1 N–H and O–H groups in total. The molecule has 1 saturated heterocycles. The second kappa shape index (κ2) is 6.04. The molecule has 2 rings (SSSR count). The number of halogens is 2. The van der Waals surface area contributed by atoms with Gasteiger partial charge >= 0.3 is 5.97 Å². The van der Waals surface area contributed by atoms with Gasteiger partial charge in [-0.25, -0.2) is 4.79 Å². The highest BCUT2D eigenvalue weighted by atomic mass is 79.9. The van der Waals surface area contributed by atoms with Gasteiger partial charge in [0, 0.05) is 10.9 Å². The molecule has 5 heteroatoms. The van der Waals surface area contributed by atoms with E-state index in [0.29, 0.717) is 10.6 Å². The van der Waals surface area contributed by atoms with Crippen molar-refractivity contribution in [2.45, 2.75) is 18.9 Å².